The van der Waals surface area contributed by atoms with Crippen LogP contribution in [0, 0.1) is 5.92 Å². The summed E-state index contributed by atoms with van der Waals surface area (Å²) in [5, 5.41) is 0. The SMILES string of the molecule is C[Si](C)(C)OC1=CCCC1Cc1ccccc1. The van der Waals surface area contributed by atoms with Crippen LogP contribution in [-0.4, -0.2) is 8.32 Å². The Labute approximate surface area is 106 Å². The Morgan fingerprint density at radius 1 is 1.18 bits per heavy atom. The molecule has 1 aliphatic rings. The second-order valence-corrected chi connectivity index (χ2v) is 10.2. The lowest BCUT2D eigenvalue weighted by Crippen LogP contribution is -2.26. The molecule has 1 nitrogen and oxygen atoms in total. The van der Waals surface area contributed by atoms with Crippen molar-refractivity contribution in [2.45, 2.75) is 38.9 Å². The summed E-state index contributed by atoms with van der Waals surface area (Å²) in [7, 11) is -1.45. The fourth-order valence-electron chi connectivity index (χ4n) is 2.32. The highest BCUT2D eigenvalue weighted by Crippen LogP contribution is 2.31. The molecule has 2 heteroatoms. The summed E-state index contributed by atoms with van der Waals surface area (Å²) in [4.78, 5) is 0. The summed E-state index contributed by atoms with van der Waals surface area (Å²) in [6.45, 7) is 6.77. The Morgan fingerprint density at radius 3 is 2.53 bits per heavy atom. The van der Waals surface area contributed by atoms with Crippen LogP contribution < -0.4 is 0 Å². The van der Waals surface area contributed by atoms with Crippen molar-refractivity contribution in [3.05, 3.63) is 47.7 Å². The van der Waals surface area contributed by atoms with Crippen LogP contribution in [0.2, 0.25) is 19.6 Å². The first-order valence-corrected chi connectivity index (χ1v) is 9.88. The van der Waals surface area contributed by atoms with Gasteiger partial charge in [0, 0.05) is 5.92 Å². The first kappa shape index (κ1) is 12.4. The molecule has 1 unspecified atom stereocenters. The molecule has 2 rings (SSSR count). The molecule has 0 spiro atoms. The monoisotopic (exact) mass is 246 g/mol. The smallest absolute Gasteiger partial charge is 0.241 e. The number of hydrogen-bond donors (Lipinski definition) is 0. The standard InChI is InChI=1S/C15H22OSi/c1-17(2,3)16-15-11-7-10-14(15)12-13-8-5-4-6-9-13/h4-6,8-9,11,14H,7,10,12H2,1-3H3. The van der Waals surface area contributed by atoms with E-state index in [0.29, 0.717) is 5.92 Å². The van der Waals surface area contributed by atoms with Crippen LogP contribution in [-0.2, 0) is 10.8 Å². The van der Waals surface area contributed by atoms with Gasteiger partial charge in [0.05, 0.1) is 5.76 Å². The van der Waals surface area contributed by atoms with Gasteiger partial charge >= 0.3 is 0 Å². The maximum Gasteiger partial charge on any atom is 0.241 e. The topological polar surface area (TPSA) is 9.23 Å². The lowest BCUT2D eigenvalue weighted by Gasteiger charge is -2.24. The van der Waals surface area contributed by atoms with Crippen molar-refractivity contribution in [2.24, 2.45) is 5.92 Å². The molecule has 17 heavy (non-hydrogen) atoms. The zero-order valence-electron chi connectivity index (χ0n) is 11.1. The van der Waals surface area contributed by atoms with E-state index in [9.17, 15) is 0 Å². The van der Waals surface area contributed by atoms with Crippen LogP contribution in [0.5, 0.6) is 0 Å². The summed E-state index contributed by atoms with van der Waals surface area (Å²) >= 11 is 0. The first-order valence-electron chi connectivity index (χ1n) is 6.47. The van der Waals surface area contributed by atoms with Crippen molar-refractivity contribution in [3.8, 4) is 0 Å². The molecule has 0 heterocycles. The molecule has 0 aliphatic heterocycles. The summed E-state index contributed by atoms with van der Waals surface area (Å²) in [5.41, 5.74) is 1.42. The zero-order chi connectivity index (χ0) is 12.3. The highest BCUT2D eigenvalue weighted by atomic mass is 28.4. The average molecular weight is 246 g/mol. The molecule has 1 aliphatic carbocycles. The van der Waals surface area contributed by atoms with E-state index in [1.165, 1.54) is 24.2 Å². The number of benzene rings is 1. The zero-order valence-corrected chi connectivity index (χ0v) is 12.1. The fourth-order valence-corrected chi connectivity index (χ4v) is 3.27. The van der Waals surface area contributed by atoms with Crippen LogP contribution >= 0.6 is 0 Å². The highest BCUT2D eigenvalue weighted by Gasteiger charge is 2.26. The molecule has 1 aromatic carbocycles. The van der Waals surface area contributed by atoms with Gasteiger partial charge in [0.15, 0.2) is 0 Å². The van der Waals surface area contributed by atoms with Gasteiger partial charge in [-0.3, -0.25) is 0 Å². The molecule has 1 atom stereocenters. The van der Waals surface area contributed by atoms with Crippen LogP contribution in [0.3, 0.4) is 0 Å². The molecule has 92 valence electrons. The predicted octanol–water partition coefficient (Wildman–Crippen LogP) is 4.37. The lowest BCUT2D eigenvalue weighted by atomic mass is 9.98. The average Bonchev–Trinajstić information content (AvgIpc) is 2.65. The van der Waals surface area contributed by atoms with Crippen LogP contribution in [0.15, 0.2) is 42.2 Å². The van der Waals surface area contributed by atoms with Gasteiger partial charge in [0.1, 0.15) is 0 Å². The van der Waals surface area contributed by atoms with E-state index < -0.39 is 8.32 Å². The van der Waals surface area contributed by atoms with Gasteiger partial charge in [-0.2, -0.15) is 0 Å². The van der Waals surface area contributed by atoms with Crippen molar-refractivity contribution in [3.63, 3.8) is 0 Å². The maximum absolute atomic E-state index is 6.18. The molecule has 0 aromatic heterocycles. The first-order chi connectivity index (χ1) is 8.04. The van der Waals surface area contributed by atoms with Crippen LogP contribution in [0.1, 0.15) is 18.4 Å². The van der Waals surface area contributed by atoms with E-state index in [1.54, 1.807) is 0 Å². The summed E-state index contributed by atoms with van der Waals surface area (Å²) < 4.78 is 6.18. The summed E-state index contributed by atoms with van der Waals surface area (Å²) in [5.74, 6) is 1.86. The molecular weight excluding hydrogens is 224 g/mol. The third-order valence-corrected chi connectivity index (χ3v) is 3.86. The number of allylic oxidation sites excluding steroid dienone is 2. The minimum atomic E-state index is -1.45. The molecule has 0 radical (unpaired) electrons. The maximum atomic E-state index is 6.18. The predicted molar refractivity (Wildman–Crippen MR) is 75.4 cm³/mol. The largest absolute Gasteiger partial charge is 0.547 e. The Balaban J connectivity index is 2.00. The fraction of sp³-hybridized carbons (Fsp3) is 0.467. The van der Waals surface area contributed by atoms with Gasteiger partial charge in [-0.1, -0.05) is 30.3 Å². The number of rotatable bonds is 4. The van der Waals surface area contributed by atoms with Crippen LogP contribution in [0.25, 0.3) is 0 Å². The van der Waals surface area contributed by atoms with Gasteiger partial charge in [0.2, 0.25) is 8.32 Å². The number of hydrogen-bond acceptors (Lipinski definition) is 1. The third kappa shape index (κ3) is 3.74. The van der Waals surface area contributed by atoms with E-state index in [2.05, 4.69) is 56.0 Å². The molecule has 0 saturated heterocycles. The second kappa shape index (κ2) is 5.09. The van der Waals surface area contributed by atoms with Gasteiger partial charge in [0.25, 0.3) is 0 Å². The quantitative estimate of drug-likeness (QED) is 0.717. The normalized spacial score (nSPS) is 20.2. The van der Waals surface area contributed by atoms with Crippen LogP contribution in [0.4, 0.5) is 0 Å². The summed E-state index contributed by atoms with van der Waals surface area (Å²) in [6.07, 6.45) is 5.84. The van der Waals surface area contributed by atoms with Crippen molar-refractivity contribution in [1.82, 2.24) is 0 Å². The minimum Gasteiger partial charge on any atom is -0.547 e. The van der Waals surface area contributed by atoms with Gasteiger partial charge < -0.3 is 4.43 Å². The van der Waals surface area contributed by atoms with Crippen molar-refractivity contribution in [2.75, 3.05) is 0 Å². The van der Waals surface area contributed by atoms with Gasteiger partial charge in [-0.05, 0) is 50.5 Å². The van der Waals surface area contributed by atoms with E-state index in [0.717, 1.165) is 6.42 Å². The van der Waals surface area contributed by atoms with Crippen molar-refractivity contribution < 1.29 is 4.43 Å². The van der Waals surface area contributed by atoms with Gasteiger partial charge in [-0.15, -0.1) is 0 Å². The molecule has 0 fully saturated rings. The molecule has 0 N–H and O–H groups in total. The Kier molecular flexibility index (Phi) is 3.72. The minimum absolute atomic E-state index is 0.601. The van der Waals surface area contributed by atoms with E-state index in [-0.39, 0.29) is 0 Å². The highest BCUT2D eigenvalue weighted by molar-refractivity contribution is 6.70. The summed E-state index contributed by atoms with van der Waals surface area (Å²) in [6, 6.07) is 10.7. The van der Waals surface area contributed by atoms with E-state index in [1.807, 2.05) is 0 Å². The molecule has 0 amide bonds. The molecule has 0 bridgehead atoms. The second-order valence-electron chi connectivity index (χ2n) is 5.78. The van der Waals surface area contributed by atoms with E-state index >= 15 is 0 Å². The van der Waals surface area contributed by atoms with Crippen molar-refractivity contribution in [1.29, 1.82) is 0 Å². The van der Waals surface area contributed by atoms with E-state index in [4.69, 9.17) is 4.43 Å². The Morgan fingerprint density at radius 2 is 1.88 bits per heavy atom. The Bertz CT molecular complexity index is 389. The lowest BCUT2D eigenvalue weighted by molar-refractivity contribution is 0.349. The third-order valence-electron chi connectivity index (χ3n) is 3.01. The van der Waals surface area contributed by atoms with Gasteiger partial charge in [-0.25, -0.2) is 0 Å². The Hall–Kier alpha value is -1.02. The molecule has 0 saturated carbocycles. The molecular formula is C15H22OSi. The molecule has 1 aromatic rings. The van der Waals surface area contributed by atoms with Crippen molar-refractivity contribution >= 4 is 8.32 Å².